The number of hydrogen-bond acceptors (Lipinski definition) is 4. The third-order valence-corrected chi connectivity index (χ3v) is 2.55. The minimum Gasteiger partial charge on any atom is -0.479 e. The molecule has 3 amide bonds. The summed E-state index contributed by atoms with van der Waals surface area (Å²) in [7, 11) is 1.19. The fourth-order valence-corrected chi connectivity index (χ4v) is 1.46. The van der Waals surface area contributed by atoms with Gasteiger partial charge in [0.1, 0.15) is 6.61 Å². The Morgan fingerprint density at radius 3 is 2.52 bits per heavy atom. The van der Waals surface area contributed by atoms with Crippen LogP contribution in [0.5, 0.6) is 0 Å². The van der Waals surface area contributed by atoms with Crippen molar-refractivity contribution in [3.63, 3.8) is 0 Å². The van der Waals surface area contributed by atoms with Crippen LogP contribution in [-0.2, 0) is 9.53 Å². The molecule has 1 unspecified atom stereocenters. The van der Waals surface area contributed by atoms with Gasteiger partial charge >= 0.3 is 18.1 Å². The number of carboxylic acids is 1. The summed E-state index contributed by atoms with van der Waals surface area (Å²) >= 11 is 0. The Balaban J connectivity index is 2.76. The van der Waals surface area contributed by atoms with Crippen molar-refractivity contribution >= 4 is 18.1 Å². The van der Waals surface area contributed by atoms with Crippen molar-refractivity contribution in [2.75, 3.05) is 13.7 Å². The van der Waals surface area contributed by atoms with Crippen molar-refractivity contribution in [2.45, 2.75) is 6.04 Å². The van der Waals surface area contributed by atoms with Crippen molar-refractivity contribution < 1.29 is 24.2 Å². The normalized spacial score (nSPS) is 11.1. The van der Waals surface area contributed by atoms with E-state index in [1.807, 2.05) is 0 Å². The molecule has 2 N–H and O–H groups in total. The number of hydrogen-bond donors (Lipinski definition) is 2. The number of nitrogens with zero attached hydrogens (tertiary/aromatic N) is 1. The van der Waals surface area contributed by atoms with Crippen LogP contribution in [0, 0.1) is 0 Å². The van der Waals surface area contributed by atoms with Gasteiger partial charge in [0.2, 0.25) is 0 Å². The first-order valence-electron chi connectivity index (χ1n) is 6.07. The predicted molar refractivity (Wildman–Crippen MR) is 74.7 cm³/mol. The van der Waals surface area contributed by atoms with E-state index >= 15 is 0 Å². The average molecular weight is 292 g/mol. The molecule has 0 aliphatic rings. The van der Waals surface area contributed by atoms with E-state index in [0.29, 0.717) is 10.5 Å². The lowest BCUT2D eigenvalue weighted by Crippen LogP contribution is -2.44. The Bertz CT molecular complexity index is 529. The van der Waals surface area contributed by atoms with E-state index in [-0.39, 0.29) is 6.61 Å². The zero-order valence-electron chi connectivity index (χ0n) is 11.5. The van der Waals surface area contributed by atoms with Crippen molar-refractivity contribution in [3.05, 3.63) is 48.6 Å². The summed E-state index contributed by atoms with van der Waals surface area (Å²) in [5, 5.41) is 11.4. The summed E-state index contributed by atoms with van der Waals surface area (Å²) in [4.78, 5) is 35.2. The van der Waals surface area contributed by atoms with Crippen LogP contribution in [0.25, 0.3) is 0 Å². The Morgan fingerprint density at radius 1 is 1.38 bits per heavy atom. The van der Waals surface area contributed by atoms with Gasteiger partial charge in [0, 0.05) is 7.05 Å². The molecule has 1 rings (SSSR count). The fraction of sp³-hybridized carbons (Fsp3) is 0.214. The molecule has 0 aliphatic carbocycles. The van der Waals surface area contributed by atoms with Crippen LogP contribution in [0.2, 0.25) is 0 Å². The summed E-state index contributed by atoms with van der Waals surface area (Å²) < 4.78 is 4.68. The molecule has 0 radical (unpaired) electrons. The van der Waals surface area contributed by atoms with Gasteiger partial charge in [0.25, 0.3) is 0 Å². The first kappa shape index (κ1) is 16.2. The molecular weight excluding hydrogens is 276 g/mol. The maximum absolute atomic E-state index is 11.9. The van der Waals surface area contributed by atoms with Gasteiger partial charge in [-0.3, -0.25) is 0 Å². The van der Waals surface area contributed by atoms with E-state index in [0.717, 1.165) is 0 Å². The van der Waals surface area contributed by atoms with Gasteiger partial charge in [-0.05, 0) is 5.56 Å². The first-order chi connectivity index (χ1) is 9.97. The minimum atomic E-state index is -1.26. The van der Waals surface area contributed by atoms with Gasteiger partial charge < -0.3 is 15.2 Å². The van der Waals surface area contributed by atoms with E-state index < -0.39 is 24.1 Å². The smallest absolute Gasteiger partial charge is 0.418 e. The Hall–Kier alpha value is -2.83. The summed E-state index contributed by atoms with van der Waals surface area (Å²) in [6.45, 7) is 3.33. The van der Waals surface area contributed by atoms with Gasteiger partial charge in [-0.2, -0.15) is 0 Å². The first-order valence-corrected chi connectivity index (χ1v) is 6.07. The number of urea groups is 1. The van der Waals surface area contributed by atoms with Gasteiger partial charge in [-0.1, -0.05) is 43.0 Å². The highest BCUT2D eigenvalue weighted by Gasteiger charge is 2.26. The number of benzene rings is 1. The number of carbonyl (C=O) groups is 3. The van der Waals surface area contributed by atoms with Crippen LogP contribution in [0.15, 0.2) is 43.0 Å². The van der Waals surface area contributed by atoms with E-state index in [2.05, 4.69) is 16.6 Å². The summed E-state index contributed by atoms with van der Waals surface area (Å²) in [5.74, 6) is -1.23. The molecule has 7 heteroatoms. The zero-order chi connectivity index (χ0) is 15.8. The van der Waals surface area contributed by atoms with E-state index in [1.165, 1.54) is 13.1 Å². The second-order valence-electron chi connectivity index (χ2n) is 4.06. The van der Waals surface area contributed by atoms with Gasteiger partial charge in [-0.15, -0.1) is 0 Å². The number of carboxylic acid groups (broad SMARTS) is 1. The molecule has 7 nitrogen and oxygen atoms in total. The third kappa shape index (κ3) is 4.64. The van der Waals surface area contributed by atoms with Crippen LogP contribution in [0.4, 0.5) is 9.59 Å². The molecule has 0 bridgehead atoms. The standard InChI is InChI=1S/C14H16N2O5/c1-3-9-21-14(20)16(2)13(19)15-11(12(17)18)10-7-5-4-6-8-10/h3-8,11H,1,9H2,2H3,(H,15,19)(H,17,18). The van der Waals surface area contributed by atoms with Gasteiger partial charge in [0.05, 0.1) is 0 Å². The molecule has 0 aromatic heterocycles. The number of carbonyl (C=O) groups excluding carboxylic acids is 2. The molecule has 21 heavy (non-hydrogen) atoms. The number of nitrogens with one attached hydrogen (secondary N) is 1. The molecule has 1 aromatic carbocycles. The topological polar surface area (TPSA) is 95.9 Å². The minimum absolute atomic E-state index is 0.0441. The molecule has 0 fully saturated rings. The summed E-state index contributed by atoms with van der Waals surface area (Å²) in [5.41, 5.74) is 0.395. The third-order valence-electron chi connectivity index (χ3n) is 2.55. The van der Waals surface area contributed by atoms with Crippen LogP contribution in [0.3, 0.4) is 0 Å². The molecule has 1 aromatic rings. The monoisotopic (exact) mass is 292 g/mol. The lowest BCUT2D eigenvalue weighted by Gasteiger charge is -2.19. The SMILES string of the molecule is C=CCOC(=O)N(C)C(=O)NC(C(=O)O)c1ccccc1. The highest BCUT2D eigenvalue weighted by molar-refractivity contribution is 5.92. The molecule has 0 saturated carbocycles. The van der Waals surface area contributed by atoms with Crippen LogP contribution in [0.1, 0.15) is 11.6 Å². The molecule has 0 saturated heterocycles. The zero-order valence-corrected chi connectivity index (χ0v) is 11.5. The Kier molecular flexibility index (Phi) is 5.94. The fourth-order valence-electron chi connectivity index (χ4n) is 1.46. The molecule has 1 atom stereocenters. The second kappa shape index (κ2) is 7.68. The van der Waals surface area contributed by atoms with Gasteiger partial charge in [0.15, 0.2) is 6.04 Å². The number of rotatable bonds is 5. The van der Waals surface area contributed by atoms with E-state index in [9.17, 15) is 19.5 Å². The Morgan fingerprint density at radius 2 is 2.00 bits per heavy atom. The second-order valence-corrected chi connectivity index (χ2v) is 4.06. The van der Waals surface area contributed by atoms with Crippen LogP contribution < -0.4 is 5.32 Å². The lowest BCUT2D eigenvalue weighted by molar-refractivity contribution is -0.139. The largest absolute Gasteiger partial charge is 0.479 e. The molecule has 0 heterocycles. The molecular formula is C14H16N2O5. The number of ether oxygens (including phenoxy) is 1. The quantitative estimate of drug-likeness (QED) is 0.806. The number of amides is 3. The van der Waals surface area contributed by atoms with E-state index in [1.54, 1.807) is 30.3 Å². The van der Waals surface area contributed by atoms with Crippen LogP contribution >= 0.6 is 0 Å². The Labute approximate surface area is 121 Å². The molecule has 0 spiro atoms. The van der Waals surface area contributed by atoms with Crippen molar-refractivity contribution in [1.29, 1.82) is 0 Å². The van der Waals surface area contributed by atoms with Crippen molar-refractivity contribution in [1.82, 2.24) is 10.2 Å². The molecule has 0 aliphatic heterocycles. The van der Waals surface area contributed by atoms with Crippen LogP contribution in [-0.4, -0.2) is 41.8 Å². The number of imide groups is 1. The maximum Gasteiger partial charge on any atom is 0.418 e. The maximum atomic E-state index is 11.9. The average Bonchev–Trinajstić information content (AvgIpc) is 2.49. The summed E-state index contributed by atoms with van der Waals surface area (Å²) in [6, 6.07) is 6.03. The highest BCUT2D eigenvalue weighted by Crippen LogP contribution is 2.13. The predicted octanol–water partition coefficient (Wildman–Crippen LogP) is 1.78. The van der Waals surface area contributed by atoms with Crippen molar-refractivity contribution in [2.24, 2.45) is 0 Å². The molecule has 112 valence electrons. The number of aliphatic carboxylic acids is 1. The summed E-state index contributed by atoms with van der Waals surface area (Å²) in [6.07, 6.45) is 0.456. The highest BCUT2D eigenvalue weighted by atomic mass is 16.6. The lowest BCUT2D eigenvalue weighted by atomic mass is 10.1. The van der Waals surface area contributed by atoms with Gasteiger partial charge in [-0.25, -0.2) is 19.3 Å². The van der Waals surface area contributed by atoms with E-state index in [4.69, 9.17) is 0 Å². The van der Waals surface area contributed by atoms with Crippen molar-refractivity contribution in [3.8, 4) is 0 Å².